The van der Waals surface area contributed by atoms with Gasteiger partial charge in [0, 0.05) is 19.6 Å². The second kappa shape index (κ2) is 5.58. The number of nitrogens with zero attached hydrogens (tertiary/aromatic N) is 5. The highest BCUT2D eigenvalue weighted by Gasteiger charge is 2.60. The summed E-state index contributed by atoms with van der Waals surface area (Å²) in [5.41, 5.74) is -0.596. The van der Waals surface area contributed by atoms with Crippen LogP contribution in [0.5, 0.6) is 0 Å². The van der Waals surface area contributed by atoms with Crippen molar-refractivity contribution in [1.29, 1.82) is 0 Å². The molecule has 2 aliphatic rings. The number of carboxylic acid groups (broad SMARTS) is 1. The topological polar surface area (TPSA) is 82.5 Å². The number of hydrogen-bond donors (Lipinski definition) is 1. The summed E-state index contributed by atoms with van der Waals surface area (Å²) in [6.07, 6.45) is 2.95. The van der Waals surface area contributed by atoms with Gasteiger partial charge in [-0.3, -0.25) is 4.90 Å². The number of carbonyl (C=O) groups is 1. The summed E-state index contributed by atoms with van der Waals surface area (Å²) in [6, 6.07) is 0. The van der Waals surface area contributed by atoms with Crippen LogP contribution in [0.25, 0.3) is 0 Å². The quantitative estimate of drug-likeness (QED) is 0.844. The molecule has 2 heterocycles. The number of amides is 1. The number of hydrogen-bond acceptors (Lipinski definition) is 5. The fourth-order valence-corrected chi connectivity index (χ4v) is 4.06. The molecule has 126 valence electrons. The Hall–Kier alpha value is -1.44. The van der Waals surface area contributed by atoms with Gasteiger partial charge in [0.1, 0.15) is 4.60 Å². The zero-order chi connectivity index (χ0) is 16.8. The van der Waals surface area contributed by atoms with Crippen molar-refractivity contribution in [2.45, 2.75) is 39.2 Å². The largest absolute Gasteiger partial charge is 0.465 e. The van der Waals surface area contributed by atoms with E-state index in [1.165, 1.54) is 0 Å². The maximum atomic E-state index is 11.9. The zero-order valence-electron chi connectivity index (χ0n) is 13.7. The Bertz CT molecular complexity index is 599. The van der Waals surface area contributed by atoms with Crippen LogP contribution in [0.1, 0.15) is 33.6 Å². The highest BCUT2D eigenvalue weighted by molar-refractivity contribution is 9.10. The molecule has 1 aromatic rings. The van der Waals surface area contributed by atoms with Crippen LogP contribution in [-0.2, 0) is 0 Å². The Morgan fingerprint density at radius 3 is 2.52 bits per heavy atom. The maximum Gasteiger partial charge on any atom is 0.407 e. The van der Waals surface area contributed by atoms with Gasteiger partial charge in [0.15, 0.2) is 0 Å². The second-order valence-corrected chi connectivity index (χ2v) is 8.20. The predicted octanol–water partition coefficient (Wildman–Crippen LogP) is 2.63. The second-order valence-electron chi connectivity index (χ2n) is 7.39. The van der Waals surface area contributed by atoms with Crippen molar-refractivity contribution in [2.75, 3.05) is 24.5 Å². The number of anilines is 1. The van der Waals surface area contributed by atoms with Crippen LogP contribution in [0.4, 0.5) is 10.7 Å². The van der Waals surface area contributed by atoms with E-state index in [2.05, 4.69) is 56.8 Å². The first-order valence-electron chi connectivity index (χ1n) is 7.86. The first kappa shape index (κ1) is 16.4. The van der Waals surface area contributed by atoms with E-state index in [0.717, 1.165) is 12.8 Å². The molecule has 0 bridgehead atoms. The highest BCUT2D eigenvalue weighted by atomic mass is 79.9. The SMILES string of the molecule is CC(C)(C)[C@@]1(C2CC2)CN(c2ncc(Br)nn2)CCN1C(=O)O. The van der Waals surface area contributed by atoms with Crippen molar-refractivity contribution in [3.05, 3.63) is 10.8 Å². The van der Waals surface area contributed by atoms with Crippen molar-refractivity contribution < 1.29 is 9.90 Å². The zero-order valence-corrected chi connectivity index (χ0v) is 15.2. The van der Waals surface area contributed by atoms with E-state index in [1.54, 1.807) is 11.1 Å². The average molecular weight is 384 g/mol. The van der Waals surface area contributed by atoms with E-state index in [4.69, 9.17) is 0 Å². The van der Waals surface area contributed by atoms with Crippen molar-refractivity contribution in [3.8, 4) is 0 Å². The van der Waals surface area contributed by atoms with Crippen molar-refractivity contribution in [1.82, 2.24) is 20.1 Å². The van der Waals surface area contributed by atoms with E-state index in [0.29, 0.717) is 36.1 Å². The van der Waals surface area contributed by atoms with Crippen LogP contribution in [0.3, 0.4) is 0 Å². The Kier molecular flexibility index (Phi) is 3.98. The highest BCUT2D eigenvalue weighted by Crippen LogP contribution is 2.53. The molecule has 0 aromatic carbocycles. The first-order chi connectivity index (χ1) is 10.8. The molecule has 1 aliphatic heterocycles. The Balaban J connectivity index is 1.98. The molecule has 0 spiro atoms. The van der Waals surface area contributed by atoms with Gasteiger partial charge in [-0.1, -0.05) is 20.8 Å². The van der Waals surface area contributed by atoms with Gasteiger partial charge in [0.25, 0.3) is 0 Å². The van der Waals surface area contributed by atoms with E-state index < -0.39 is 11.6 Å². The lowest BCUT2D eigenvalue weighted by molar-refractivity contribution is -0.0221. The summed E-state index contributed by atoms with van der Waals surface area (Å²) in [4.78, 5) is 20.0. The van der Waals surface area contributed by atoms with E-state index in [1.807, 2.05) is 0 Å². The van der Waals surface area contributed by atoms with Gasteiger partial charge >= 0.3 is 6.09 Å². The Morgan fingerprint density at radius 2 is 2.04 bits per heavy atom. The molecule has 1 amide bonds. The normalized spacial score (nSPS) is 25.6. The summed E-state index contributed by atoms with van der Waals surface area (Å²) >= 11 is 3.24. The van der Waals surface area contributed by atoms with Gasteiger partial charge in [-0.05, 0) is 40.1 Å². The molecule has 0 unspecified atom stereocenters. The standard InChI is InChI=1S/C15H22BrN5O2/c1-14(2,3)15(10-4-5-10)9-20(6-7-21(15)13(22)23)12-17-8-11(16)18-19-12/h8,10H,4-7,9H2,1-3H3,(H,22,23)/t15-/m0/s1. The number of rotatable bonds is 2. The molecule has 3 rings (SSSR count). The smallest absolute Gasteiger partial charge is 0.407 e. The summed E-state index contributed by atoms with van der Waals surface area (Å²) in [5.74, 6) is 0.956. The lowest BCUT2D eigenvalue weighted by atomic mass is 9.68. The molecule has 1 aromatic heterocycles. The Morgan fingerprint density at radius 1 is 1.35 bits per heavy atom. The van der Waals surface area contributed by atoms with Crippen LogP contribution in [-0.4, -0.2) is 56.5 Å². The molecular weight excluding hydrogens is 362 g/mol. The minimum atomic E-state index is -0.832. The van der Waals surface area contributed by atoms with Crippen LogP contribution >= 0.6 is 15.9 Å². The lowest BCUT2D eigenvalue weighted by Gasteiger charge is -2.56. The number of halogens is 1. The Labute approximate surface area is 144 Å². The van der Waals surface area contributed by atoms with Crippen LogP contribution < -0.4 is 4.90 Å². The van der Waals surface area contributed by atoms with E-state index in [-0.39, 0.29) is 5.41 Å². The van der Waals surface area contributed by atoms with E-state index in [9.17, 15) is 9.90 Å². The molecule has 2 fully saturated rings. The summed E-state index contributed by atoms with van der Waals surface area (Å²) in [7, 11) is 0. The average Bonchev–Trinajstić information content (AvgIpc) is 3.30. The van der Waals surface area contributed by atoms with Crippen molar-refractivity contribution >= 4 is 28.0 Å². The molecule has 1 aliphatic carbocycles. The van der Waals surface area contributed by atoms with Gasteiger partial charge in [0.05, 0.1) is 11.7 Å². The molecule has 7 nitrogen and oxygen atoms in total. The van der Waals surface area contributed by atoms with Crippen LogP contribution in [0.2, 0.25) is 0 Å². The summed E-state index contributed by atoms with van der Waals surface area (Å²) < 4.78 is 0.592. The number of aromatic nitrogens is 3. The fraction of sp³-hybridized carbons (Fsp3) is 0.733. The molecule has 1 N–H and O–H groups in total. The predicted molar refractivity (Wildman–Crippen MR) is 89.4 cm³/mol. The van der Waals surface area contributed by atoms with Crippen LogP contribution in [0, 0.1) is 11.3 Å². The lowest BCUT2D eigenvalue weighted by Crippen LogP contribution is -2.70. The molecule has 23 heavy (non-hydrogen) atoms. The van der Waals surface area contributed by atoms with Crippen LogP contribution in [0.15, 0.2) is 10.8 Å². The molecule has 8 heteroatoms. The first-order valence-corrected chi connectivity index (χ1v) is 8.66. The monoisotopic (exact) mass is 383 g/mol. The van der Waals surface area contributed by atoms with Gasteiger partial charge in [-0.25, -0.2) is 9.78 Å². The minimum absolute atomic E-state index is 0.173. The van der Waals surface area contributed by atoms with Gasteiger partial charge in [-0.2, -0.15) is 0 Å². The third-order valence-corrected chi connectivity index (χ3v) is 5.46. The maximum absolute atomic E-state index is 11.9. The minimum Gasteiger partial charge on any atom is -0.465 e. The third kappa shape index (κ3) is 2.77. The van der Waals surface area contributed by atoms with Gasteiger partial charge < -0.3 is 10.0 Å². The number of piperazine rings is 1. The molecule has 0 radical (unpaired) electrons. The van der Waals surface area contributed by atoms with E-state index >= 15 is 0 Å². The fourth-order valence-electron chi connectivity index (χ4n) is 3.88. The van der Waals surface area contributed by atoms with Gasteiger partial charge in [-0.15, -0.1) is 10.2 Å². The molecule has 1 saturated carbocycles. The third-order valence-electron chi connectivity index (χ3n) is 5.09. The molecule has 1 saturated heterocycles. The summed E-state index contributed by atoms with van der Waals surface area (Å²) in [6.45, 7) is 8.04. The summed E-state index contributed by atoms with van der Waals surface area (Å²) in [5, 5.41) is 17.9. The molecular formula is C15H22BrN5O2. The van der Waals surface area contributed by atoms with Crippen molar-refractivity contribution in [2.24, 2.45) is 11.3 Å². The van der Waals surface area contributed by atoms with Gasteiger partial charge in [0.2, 0.25) is 5.95 Å². The van der Waals surface area contributed by atoms with Crippen molar-refractivity contribution in [3.63, 3.8) is 0 Å². The molecule has 1 atom stereocenters.